The Hall–Kier alpha value is -2.54. The lowest BCUT2D eigenvalue weighted by molar-refractivity contribution is -0.123. The summed E-state index contributed by atoms with van der Waals surface area (Å²) in [5.74, 6) is 0.448. The van der Waals surface area contributed by atoms with Gasteiger partial charge in [0, 0.05) is 16.8 Å². The lowest BCUT2D eigenvalue weighted by Crippen LogP contribution is -2.27. The molecule has 0 heterocycles. The maximum absolute atomic E-state index is 12.8. The molecule has 0 saturated heterocycles. The zero-order chi connectivity index (χ0) is 19.5. The van der Waals surface area contributed by atoms with E-state index in [0.717, 1.165) is 0 Å². The third kappa shape index (κ3) is 4.76. The summed E-state index contributed by atoms with van der Waals surface area (Å²) in [4.78, 5) is 12.3. The van der Waals surface area contributed by atoms with Gasteiger partial charge in [-0.2, -0.15) is 0 Å². The molecule has 6 nitrogen and oxygen atoms in total. The fourth-order valence-corrected chi connectivity index (χ4v) is 3.49. The maximum atomic E-state index is 12.8. The van der Waals surface area contributed by atoms with E-state index in [0.29, 0.717) is 22.7 Å². The van der Waals surface area contributed by atoms with Crippen LogP contribution in [0, 0.1) is 12.3 Å². The van der Waals surface area contributed by atoms with E-state index in [2.05, 4.69) is 10.0 Å². The van der Waals surface area contributed by atoms with Crippen molar-refractivity contribution in [1.82, 2.24) is 0 Å². The Morgan fingerprint density at radius 3 is 2.12 bits per heavy atom. The summed E-state index contributed by atoms with van der Waals surface area (Å²) in [7, 11) is -2.26. The molecule has 0 unspecified atom stereocenters. The van der Waals surface area contributed by atoms with Gasteiger partial charge in [0.1, 0.15) is 5.75 Å². The van der Waals surface area contributed by atoms with Crippen LogP contribution >= 0.6 is 0 Å². The van der Waals surface area contributed by atoms with Gasteiger partial charge in [-0.25, -0.2) is 8.42 Å². The molecule has 0 aliphatic rings. The van der Waals surface area contributed by atoms with E-state index < -0.39 is 15.4 Å². The summed E-state index contributed by atoms with van der Waals surface area (Å²) in [6.45, 7) is 7.08. The zero-order valence-corrected chi connectivity index (χ0v) is 16.4. The van der Waals surface area contributed by atoms with E-state index in [-0.39, 0.29) is 10.8 Å². The van der Waals surface area contributed by atoms with Gasteiger partial charge in [0.2, 0.25) is 5.91 Å². The van der Waals surface area contributed by atoms with Gasteiger partial charge >= 0.3 is 0 Å². The molecule has 0 radical (unpaired) electrons. The molecule has 0 aliphatic carbocycles. The molecule has 26 heavy (non-hydrogen) atoms. The third-order valence-electron chi connectivity index (χ3n) is 3.76. The van der Waals surface area contributed by atoms with Gasteiger partial charge in [-0.15, -0.1) is 0 Å². The van der Waals surface area contributed by atoms with Gasteiger partial charge in [-0.3, -0.25) is 9.52 Å². The highest BCUT2D eigenvalue weighted by molar-refractivity contribution is 7.92. The minimum atomic E-state index is -3.80. The summed E-state index contributed by atoms with van der Waals surface area (Å²) < 4.78 is 33.1. The first-order valence-corrected chi connectivity index (χ1v) is 9.60. The molecular weight excluding hydrogens is 352 g/mol. The number of amides is 1. The minimum absolute atomic E-state index is 0.111. The predicted molar refractivity (Wildman–Crippen MR) is 103 cm³/mol. The van der Waals surface area contributed by atoms with Gasteiger partial charge in [0.05, 0.1) is 12.0 Å². The number of carbonyl (C=O) groups excluding carboxylic acids is 1. The number of ether oxygens (including phenoxy) is 1. The van der Waals surface area contributed by atoms with Crippen molar-refractivity contribution in [3.8, 4) is 5.75 Å². The molecule has 0 aromatic heterocycles. The monoisotopic (exact) mass is 376 g/mol. The Bertz CT molecular complexity index is 898. The Kier molecular flexibility index (Phi) is 5.61. The van der Waals surface area contributed by atoms with Crippen molar-refractivity contribution in [3.63, 3.8) is 0 Å². The second-order valence-corrected chi connectivity index (χ2v) is 8.67. The quantitative estimate of drug-likeness (QED) is 0.831. The molecule has 0 aliphatic heterocycles. The van der Waals surface area contributed by atoms with Crippen LogP contribution in [0.3, 0.4) is 0 Å². The number of sulfonamides is 1. The summed E-state index contributed by atoms with van der Waals surface area (Å²) >= 11 is 0. The standard InChI is InChI=1S/C19H24N2O4S/c1-13-6-7-15(20-18(22)19(2,3)4)12-17(13)26(23,24)21-14-8-10-16(25-5)11-9-14/h6-12,21H,1-5H3,(H,20,22). The van der Waals surface area contributed by atoms with Crippen LogP contribution in [0.5, 0.6) is 5.75 Å². The topological polar surface area (TPSA) is 84.5 Å². The van der Waals surface area contributed by atoms with Crippen LogP contribution in [-0.4, -0.2) is 21.4 Å². The molecule has 0 saturated carbocycles. The average Bonchev–Trinajstić information content (AvgIpc) is 2.56. The van der Waals surface area contributed by atoms with E-state index in [9.17, 15) is 13.2 Å². The van der Waals surface area contributed by atoms with Crippen LogP contribution in [0.4, 0.5) is 11.4 Å². The summed E-state index contributed by atoms with van der Waals surface area (Å²) in [6.07, 6.45) is 0. The number of nitrogens with one attached hydrogen (secondary N) is 2. The first-order valence-electron chi connectivity index (χ1n) is 8.12. The fourth-order valence-electron chi connectivity index (χ4n) is 2.16. The van der Waals surface area contributed by atoms with Crippen molar-refractivity contribution in [3.05, 3.63) is 48.0 Å². The number of benzene rings is 2. The molecule has 140 valence electrons. The highest BCUT2D eigenvalue weighted by Gasteiger charge is 2.23. The molecule has 7 heteroatoms. The van der Waals surface area contributed by atoms with E-state index >= 15 is 0 Å². The molecule has 2 aromatic rings. The van der Waals surface area contributed by atoms with E-state index in [1.807, 2.05) is 0 Å². The highest BCUT2D eigenvalue weighted by atomic mass is 32.2. The number of hydrogen-bond acceptors (Lipinski definition) is 4. The van der Waals surface area contributed by atoms with Gasteiger partial charge < -0.3 is 10.1 Å². The number of carbonyl (C=O) groups is 1. The molecular formula is C19H24N2O4S. The van der Waals surface area contributed by atoms with Crippen molar-refractivity contribution in [2.75, 3.05) is 17.1 Å². The predicted octanol–water partition coefficient (Wildman–Crippen LogP) is 3.79. The molecule has 1 amide bonds. The van der Waals surface area contributed by atoms with Crippen LogP contribution in [0.2, 0.25) is 0 Å². The fraction of sp³-hybridized carbons (Fsp3) is 0.316. The number of methoxy groups -OCH3 is 1. The Balaban J connectivity index is 2.30. The molecule has 0 bridgehead atoms. The third-order valence-corrected chi connectivity index (χ3v) is 5.28. The minimum Gasteiger partial charge on any atom is -0.497 e. The lowest BCUT2D eigenvalue weighted by Gasteiger charge is -2.18. The van der Waals surface area contributed by atoms with Gasteiger partial charge in [-0.1, -0.05) is 26.8 Å². The van der Waals surface area contributed by atoms with Gasteiger partial charge in [0.25, 0.3) is 10.0 Å². The van der Waals surface area contributed by atoms with Crippen LogP contribution in [0.1, 0.15) is 26.3 Å². The SMILES string of the molecule is COc1ccc(NS(=O)(=O)c2cc(NC(=O)C(C)(C)C)ccc2C)cc1. The summed E-state index contributed by atoms with van der Waals surface area (Å²) in [5, 5.41) is 2.75. The van der Waals surface area contributed by atoms with Crippen LogP contribution in [0.25, 0.3) is 0 Å². The Morgan fingerprint density at radius 2 is 1.58 bits per heavy atom. The number of rotatable bonds is 5. The first kappa shape index (κ1) is 19.8. The lowest BCUT2D eigenvalue weighted by atomic mass is 9.95. The van der Waals surface area contributed by atoms with Gasteiger partial charge in [-0.05, 0) is 48.9 Å². The van der Waals surface area contributed by atoms with Crippen molar-refractivity contribution < 1.29 is 17.9 Å². The molecule has 0 fully saturated rings. The number of aryl methyl sites for hydroxylation is 1. The van der Waals surface area contributed by atoms with Crippen molar-refractivity contribution in [2.24, 2.45) is 5.41 Å². The molecule has 0 atom stereocenters. The second-order valence-electron chi connectivity index (χ2n) is 7.02. The Morgan fingerprint density at radius 1 is 1.00 bits per heavy atom. The average molecular weight is 376 g/mol. The van der Waals surface area contributed by atoms with Gasteiger partial charge in [0.15, 0.2) is 0 Å². The highest BCUT2D eigenvalue weighted by Crippen LogP contribution is 2.25. The van der Waals surface area contributed by atoms with Crippen LogP contribution < -0.4 is 14.8 Å². The zero-order valence-electron chi connectivity index (χ0n) is 15.6. The van der Waals surface area contributed by atoms with Crippen molar-refractivity contribution in [2.45, 2.75) is 32.6 Å². The summed E-state index contributed by atoms with van der Waals surface area (Å²) in [6, 6.07) is 11.4. The van der Waals surface area contributed by atoms with Crippen molar-refractivity contribution in [1.29, 1.82) is 0 Å². The van der Waals surface area contributed by atoms with Crippen molar-refractivity contribution >= 4 is 27.3 Å². The molecule has 2 aromatic carbocycles. The molecule has 0 spiro atoms. The molecule has 2 rings (SSSR count). The first-order chi connectivity index (χ1) is 12.0. The smallest absolute Gasteiger partial charge is 0.262 e. The van der Waals surface area contributed by atoms with E-state index in [4.69, 9.17) is 4.74 Å². The summed E-state index contributed by atoms with van der Waals surface area (Å²) in [5.41, 5.74) is 0.866. The number of anilines is 2. The Labute approximate surface area is 154 Å². The number of hydrogen-bond donors (Lipinski definition) is 2. The largest absolute Gasteiger partial charge is 0.497 e. The second kappa shape index (κ2) is 7.37. The van der Waals surface area contributed by atoms with E-state index in [1.54, 1.807) is 71.2 Å². The van der Waals surface area contributed by atoms with E-state index in [1.165, 1.54) is 6.07 Å². The van der Waals surface area contributed by atoms with Crippen LogP contribution in [-0.2, 0) is 14.8 Å². The maximum Gasteiger partial charge on any atom is 0.262 e. The normalized spacial score (nSPS) is 11.7. The molecule has 2 N–H and O–H groups in total. The van der Waals surface area contributed by atoms with Crippen LogP contribution in [0.15, 0.2) is 47.4 Å².